The Kier molecular flexibility index (Phi) is 5.84. The second kappa shape index (κ2) is 8.84. The minimum atomic E-state index is -4.34. The van der Waals surface area contributed by atoms with Gasteiger partial charge in [0.05, 0.1) is 28.6 Å². The van der Waals surface area contributed by atoms with E-state index in [1.807, 2.05) is 24.5 Å². The van der Waals surface area contributed by atoms with Crippen molar-refractivity contribution >= 4 is 35.8 Å². The molecule has 35 heavy (non-hydrogen) atoms. The van der Waals surface area contributed by atoms with Gasteiger partial charge in [0.15, 0.2) is 11.5 Å². The molecular formula is C23H24N5O6P. The summed E-state index contributed by atoms with van der Waals surface area (Å²) in [6.45, 7) is 5.43. The van der Waals surface area contributed by atoms with Crippen molar-refractivity contribution in [3.63, 3.8) is 0 Å². The Morgan fingerprint density at radius 1 is 1.11 bits per heavy atom. The van der Waals surface area contributed by atoms with E-state index in [1.165, 1.54) is 12.1 Å². The summed E-state index contributed by atoms with van der Waals surface area (Å²) in [6, 6.07) is 11.4. The fourth-order valence-corrected chi connectivity index (χ4v) is 4.57. The Hall–Kier alpha value is -3.66. The summed E-state index contributed by atoms with van der Waals surface area (Å²) in [5.74, 6) is 1.13. The number of hydrogen-bond donors (Lipinski definition) is 3. The van der Waals surface area contributed by atoms with Gasteiger partial charge in [-0.1, -0.05) is 12.1 Å². The SMILES string of the molecule is CCn1nc(C)cc1C(=O)Nc1nc2cc3c(cc2n1Cc1ccc(P(=O)(O)O)cc1)OCCO3. The molecule has 12 heteroatoms. The van der Waals surface area contributed by atoms with E-state index in [4.69, 9.17) is 9.47 Å². The molecule has 0 radical (unpaired) electrons. The number of aromatic nitrogens is 4. The highest BCUT2D eigenvalue weighted by Gasteiger charge is 2.22. The van der Waals surface area contributed by atoms with E-state index in [9.17, 15) is 19.1 Å². The zero-order chi connectivity index (χ0) is 24.7. The van der Waals surface area contributed by atoms with Crippen molar-refractivity contribution < 1.29 is 28.6 Å². The Bertz CT molecular complexity index is 1470. The first kappa shape index (κ1) is 23.1. The van der Waals surface area contributed by atoms with Crippen LogP contribution in [0.1, 0.15) is 28.7 Å². The summed E-state index contributed by atoms with van der Waals surface area (Å²) in [7, 11) is -4.34. The van der Waals surface area contributed by atoms with E-state index in [0.29, 0.717) is 60.5 Å². The molecule has 1 amide bonds. The first-order valence-corrected chi connectivity index (χ1v) is 12.6. The third-order valence-electron chi connectivity index (χ3n) is 5.69. The number of imidazole rings is 1. The van der Waals surface area contributed by atoms with Crippen LogP contribution >= 0.6 is 7.60 Å². The van der Waals surface area contributed by atoms with Crippen LogP contribution in [0.4, 0.5) is 5.95 Å². The molecule has 0 aliphatic carbocycles. The van der Waals surface area contributed by atoms with Crippen molar-refractivity contribution in [2.45, 2.75) is 26.9 Å². The molecule has 0 spiro atoms. The molecule has 5 rings (SSSR count). The predicted molar refractivity (Wildman–Crippen MR) is 129 cm³/mol. The highest BCUT2D eigenvalue weighted by Crippen LogP contribution is 2.36. The topological polar surface area (TPSA) is 141 Å². The van der Waals surface area contributed by atoms with Gasteiger partial charge in [-0.2, -0.15) is 5.10 Å². The van der Waals surface area contributed by atoms with Crippen molar-refractivity contribution in [3.05, 3.63) is 59.4 Å². The second-order valence-corrected chi connectivity index (χ2v) is 9.76. The number of ether oxygens (including phenoxy) is 2. The van der Waals surface area contributed by atoms with E-state index in [2.05, 4.69) is 15.4 Å². The van der Waals surface area contributed by atoms with Crippen molar-refractivity contribution in [3.8, 4) is 11.5 Å². The lowest BCUT2D eigenvalue weighted by atomic mass is 10.2. The van der Waals surface area contributed by atoms with Gasteiger partial charge in [0.1, 0.15) is 18.9 Å². The maximum atomic E-state index is 13.1. The molecule has 0 unspecified atom stereocenters. The molecule has 0 saturated heterocycles. The van der Waals surface area contributed by atoms with Gasteiger partial charge in [-0.05, 0) is 37.6 Å². The molecule has 1 aliphatic heterocycles. The van der Waals surface area contributed by atoms with Gasteiger partial charge in [0.25, 0.3) is 5.91 Å². The van der Waals surface area contributed by atoms with Crippen LogP contribution in [-0.4, -0.2) is 48.2 Å². The molecule has 182 valence electrons. The molecule has 1 aliphatic rings. The number of anilines is 1. The zero-order valence-corrected chi connectivity index (χ0v) is 20.0. The van der Waals surface area contributed by atoms with Gasteiger partial charge in [0.2, 0.25) is 5.95 Å². The second-order valence-electron chi connectivity index (χ2n) is 8.16. The highest BCUT2D eigenvalue weighted by atomic mass is 31.2. The van der Waals surface area contributed by atoms with E-state index in [1.54, 1.807) is 28.9 Å². The monoisotopic (exact) mass is 497 g/mol. The average molecular weight is 497 g/mol. The Balaban J connectivity index is 1.56. The number of nitrogens with zero attached hydrogens (tertiary/aromatic N) is 4. The number of carbonyl (C=O) groups is 1. The molecule has 11 nitrogen and oxygen atoms in total. The van der Waals surface area contributed by atoms with Crippen LogP contribution in [-0.2, 0) is 17.7 Å². The fraction of sp³-hybridized carbons (Fsp3) is 0.261. The number of fused-ring (bicyclic) bond motifs is 2. The molecule has 0 fully saturated rings. The molecule has 0 atom stereocenters. The predicted octanol–water partition coefficient (Wildman–Crippen LogP) is 2.44. The summed E-state index contributed by atoms with van der Waals surface area (Å²) < 4.78 is 26.4. The summed E-state index contributed by atoms with van der Waals surface area (Å²) in [5, 5.41) is 7.17. The Morgan fingerprint density at radius 2 is 1.80 bits per heavy atom. The van der Waals surface area contributed by atoms with Crippen molar-refractivity contribution in [1.29, 1.82) is 0 Å². The van der Waals surface area contributed by atoms with E-state index >= 15 is 0 Å². The molecule has 3 heterocycles. The van der Waals surface area contributed by atoms with E-state index < -0.39 is 7.60 Å². The molecule has 2 aromatic carbocycles. The first-order chi connectivity index (χ1) is 16.7. The number of nitrogens with one attached hydrogen (secondary N) is 1. The third-order valence-corrected chi connectivity index (χ3v) is 6.66. The lowest BCUT2D eigenvalue weighted by molar-refractivity contribution is 0.101. The third kappa shape index (κ3) is 4.53. The fourth-order valence-electron chi connectivity index (χ4n) is 4.03. The molecule has 4 aromatic rings. The molecule has 0 bridgehead atoms. The van der Waals surface area contributed by atoms with Crippen LogP contribution in [0, 0.1) is 6.92 Å². The minimum absolute atomic E-state index is 0.0620. The smallest absolute Gasteiger partial charge is 0.356 e. The molecule has 3 N–H and O–H groups in total. The molecule has 2 aromatic heterocycles. The van der Waals surface area contributed by atoms with Gasteiger partial charge in [-0.15, -0.1) is 0 Å². The summed E-state index contributed by atoms with van der Waals surface area (Å²) in [5.41, 5.74) is 3.24. The number of aryl methyl sites for hydroxylation is 2. The number of rotatable bonds is 6. The van der Waals surface area contributed by atoms with Gasteiger partial charge >= 0.3 is 7.60 Å². The maximum absolute atomic E-state index is 13.1. The quantitative estimate of drug-likeness (QED) is 0.345. The van der Waals surface area contributed by atoms with Crippen LogP contribution in [0.15, 0.2) is 42.5 Å². The van der Waals surface area contributed by atoms with Gasteiger partial charge in [-0.3, -0.25) is 19.4 Å². The van der Waals surface area contributed by atoms with Gasteiger partial charge in [0, 0.05) is 18.7 Å². The normalized spacial score (nSPS) is 13.3. The highest BCUT2D eigenvalue weighted by molar-refractivity contribution is 7.60. The van der Waals surface area contributed by atoms with Crippen molar-refractivity contribution in [2.75, 3.05) is 18.5 Å². The largest absolute Gasteiger partial charge is 0.486 e. The maximum Gasteiger partial charge on any atom is 0.356 e. The summed E-state index contributed by atoms with van der Waals surface area (Å²) >= 11 is 0. The molecular weight excluding hydrogens is 473 g/mol. The van der Waals surface area contributed by atoms with Gasteiger partial charge in [-0.25, -0.2) is 4.98 Å². The van der Waals surface area contributed by atoms with Crippen LogP contribution < -0.4 is 20.1 Å². The summed E-state index contributed by atoms with van der Waals surface area (Å²) in [6.07, 6.45) is 0. The van der Waals surface area contributed by atoms with Crippen LogP contribution in [0.25, 0.3) is 11.0 Å². The lowest BCUT2D eigenvalue weighted by Crippen LogP contribution is -2.20. The Morgan fingerprint density at radius 3 is 2.46 bits per heavy atom. The van der Waals surface area contributed by atoms with Crippen molar-refractivity contribution in [2.24, 2.45) is 0 Å². The number of carbonyl (C=O) groups excluding carboxylic acids is 1. The molecule has 0 saturated carbocycles. The first-order valence-electron chi connectivity index (χ1n) is 11.0. The van der Waals surface area contributed by atoms with E-state index in [-0.39, 0.29) is 11.2 Å². The lowest BCUT2D eigenvalue weighted by Gasteiger charge is -2.18. The Labute approximate surface area is 200 Å². The minimum Gasteiger partial charge on any atom is -0.486 e. The van der Waals surface area contributed by atoms with Crippen molar-refractivity contribution in [1.82, 2.24) is 19.3 Å². The summed E-state index contributed by atoms with van der Waals surface area (Å²) in [4.78, 5) is 36.6. The van der Waals surface area contributed by atoms with Crippen LogP contribution in [0.3, 0.4) is 0 Å². The van der Waals surface area contributed by atoms with E-state index in [0.717, 1.165) is 11.3 Å². The van der Waals surface area contributed by atoms with Crippen LogP contribution in [0.5, 0.6) is 11.5 Å². The average Bonchev–Trinajstić information content (AvgIpc) is 3.37. The van der Waals surface area contributed by atoms with Gasteiger partial charge < -0.3 is 23.8 Å². The van der Waals surface area contributed by atoms with Crippen LogP contribution in [0.2, 0.25) is 0 Å². The zero-order valence-electron chi connectivity index (χ0n) is 19.1. The number of hydrogen-bond acceptors (Lipinski definition) is 6. The number of benzene rings is 2. The number of amides is 1. The standard InChI is InChI=1S/C23H24N5O6P/c1-3-28-19(10-14(2)26-28)22(29)25-23-24-17-11-20-21(34-9-8-33-20)12-18(17)27(23)13-15-4-6-16(7-5-15)35(30,31)32/h4-7,10-12H,3,8-9,13H2,1-2H3,(H,24,25,29)(H2,30,31,32).